The van der Waals surface area contributed by atoms with Gasteiger partial charge in [0, 0.05) is 6.92 Å². The number of nitrogens with zero attached hydrogens (tertiary/aromatic N) is 1. The van der Waals surface area contributed by atoms with E-state index in [1.54, 1.807) is 18.2 Å². The number of benzene rings is 1. The van der Waals surface area contributed by atoms with Crippen LogP contribution >= 0.6 is 11.6 Å². The quantitative estimate of drug-likeness (QED) is 0.447. The highest BCUT2D eigenvalue weighted by molar-refractivity contribution is 6.29. The van der Waals surface area contributed by atoms with Gasteiger partial charge in [-0.1, -0.05) is 23.7 Å². The smallest absolute Gasteiger partial charge is 0.303 e. The predicted molar refractivity (Wildman–Crippen MR) is 86.7 cm³/mol. The van der Waals surface area contributed by atoms with Gasteiger partial charge in [0.25, 0.3) is 0 Å². The van der Waals surface area contributed by atoms with Crippen LogP contribution in [0.2, 0.25) is 5.15 Å². The van der Waals surface area contributed by atoms with Crippen LogP contribution < -0.4 is 0 Å². The lowest BCUT2D eigenvalue weighted by atomic mass is 9.95. The van der Waals surface area contributed by atoms with Crippen molar-refractivity contribution in [3.63, 3.8) is 0 Å². The first-order chi connectivity index (χ1) is 11.0. The average molecular weight is 334 g/mol. The lowest BCUT2D eigenvalue weighted by Gasteiger charge is -2.19. The van der Waals surface area contributed by atoms with Gasteiger partial charge in [0.05, 0.1) is 5.69 Å². The number of aromatic nitrogens is 1. The molecule has 0 aliphatic heterocycles. The second-order valence-electron chi connectivity index (χ2n) is 5.71. The Bertz CT molecular complexity index is 731. The third-order valence-electron chi connectivity index (χ3n) is 4.04. The Kier molecular flexibility index (Phi) is 4.62. The third-order valence-corrected chi connectivity index (χ3v) is 4.23. The van der Waals surface area contributed by atoms with E-state index in [1.807, 2.05) is 0 Å². The van der Waals surface area contributed by atoms with E-state index in [0.717, 1.165) is 48.1 Å². The summed E-state index contributed by atoms with van der Waals surface area (Å²) in [5.74, 6) is -0.606. The fourth-order valence-electron chi connectivity index (χ4n) is 3.06. The Balaban J connectivity index is 2.13. The van der Waals surface area contributed by atoms with Gasteiger partial charge in [-0.05, 0) is 60.6 Å². The van der Waals surface area contributed by atoms with E-state index in [1.165, 1.54) is 19.1 Å². The Hall–Kier alpha value is -1.94. The van der Waals surface area contributed by atoms with Crippen LogP contribution in [0.1, 0.15) is 43.5 Å². The van der Waals surface area contributed by atoms with Crippen molar-refractivity contribution < 1.29 is 13.9 Å². The topological polar surface area (TPSA) is 39.2 Å². The number of esters is 1. The second kappa shape index (κ2) is 6.67. The van der Waals surface area contributed by atoms with Crippen molar-refractivity contribution in [3.05, 3.63) is 52.6 Å². The molecular weight excluding hydrogens is 317 g/mol. The van der Waals surface area contributed by atoms with Gasteiger partial charge in [-0.3, -0.25) is 4.79 Å². The van der Waals surface area contributed by atoms with E-state index in [-0.39, 0.29) is 17.9 Å². The van der Waals surface area contributed by atoms with E-state index in [4.69, 9.17) is 16.3 Å². The number of hydrogen-bond acceptors (Lipinski definition) is 3. The van der Waals surface area contributed by atoms with Gasteiger partial charge < -0.3 is 4.74 Å². The molecule has 23 heavy (non-hydrogen) atoms. The lowest BCUT2D eigenvalue weighted by molar-refractivity contribution is -0.147. The van der Waals surface area contributed by atoms with Gasteiger partial charge in [0.2, 0.25) is 0 Å². The maximum Gasteiger partial charge on any atom is 0.303 e. The molecule has 1 aliphatic rings. The van der Waals surface area contributed by atoms with Crippen LogP contribution in [0.4, 0.5) is 4.39 Å². The van der Waals surface area contributed by atoms with Crippen molar-refractivity contribution >= 4 is 17.6 Å². The van der Waals surface area contributed by atoms with E-state index < -0.39 is 0 Å². The molecule has 0 saturated heterocycles. The summed E-state index contributed by atoms with van der Waals surface area (Å²) in [4.78, 5) is 15.8. The number of fused-ring (bicyclic) bond motifs is 1. The zero-order valence-electron chi connectivity index (χ0n) is 12.8. The molecule has 1 aromatic heterocycles. The molecule has 0 amide bonds. The monoisotopic (exact) mass is 333 g/mol. The number of halogens is 2. The molecule has 0 spiro atoms. The van der Waals surface area contributed by atoms with Gasteiger partial charge >= 0.3 is 5.97 Å². The largest absolute Gasteiger partial charge is 0.456 e. The van der Waals surface area contributed by atoms with Crippen LogP contribution in [0, 0.1) is 5.82 Å². The van der Waals surface area contributed by atoms with Crippen molar-refractivity contribution in [2.45, 2.75) is 38.7 Å². The molecule has 1 unspecified atom stereocenters. The first-order valence-electron chi connectivity index (χ1n) is 7.67. The lowest BCUT2D eigenvalue weighted by Crippen LogP contribution is -2.12. The van der Waals surface area contributed by atoms with Gasteiger partial charge in [0.1, 0.15) is 17.1 Å². The molecule has 1 atom stereocenters. The molecule has 3 rings (SSSR count). The number of carbonyl (C=O) groups is 1. The molecule has 1 heterocycles. The summed E-state index contributed by atoms with van der Waals surface area (Å²) >= 11 is 6.19. The number of pyridine rings is 1. The minimum atomic E-state index is -0.372. The molecule has 0 fully saturated rings. The highest BCUT2D eigenvalue weighted by Crippen LogP contribution is 2.37. The van der Waals surface area contributed by atoms with Gasteiger partial charge in [-0.15, -0.1) is 0 Å². The molecule has 0 radical (unpaired) electrons. The van der Waals surface area contributed by atoms with Gasteiger partial charge in [0.15, 0.2) is 0 Å². The Morgan fingerprint density at radius 1 is 1.30 bits per heavy atom. The molecule has 0 N–H and O–H groups in total. The van der Waals surface area contributed by atoms with Crippen LogP contribution in [0.5, 0.6) is 0 Å². The highest BCUT2D eigenvalue weighted by atomic mass is 35.5. The zero-order chi connectivity index (χ0) is 16.4. The Labute approximate surface area is 139 Å². The number of ether oxygens (including phenoxy) is 1. The van der Waals surface area contributed by atoms with Crippen LogP contribution in [0.25, 0.3) is 11.1 Å². The van der Waals surface area contributed by atoms with Crippen LogP contribution in [0.15, 0.2) is 30.3 Å². The van der Waals surface area contributed by atoms with Crippen molar-refractivity contribution in [1.82, 2.24) is 4.98 Å². The summed E-state index contributed by atoms with van der Waals surface area (Å²) in [6.45, 7) is 1.40. The first-order valence-corrected chi connectivity index (χ1v) is 8.05. The van der Waals surface area contributed by atoms with Crippen LogP contribution in [-0.4, -0.2) is 11.0 Å². The molecule has 2 aromatic rings. The second-order valence-corrected chi connectivity index (χ2v) is 6.09. The van der Waals surface area contributed by atoms with Crippen molar-refractivity contribution in [1.29, 1.82) is 0 Å². The summed E-state index contributed by atoms with van der Waals surface area (Å²) in [5.41, 5.74) is 3.57. The highest BCUT2D eigenvalue weighted by Gasteiger charge is 2.25. The summed E-state index contributed by atoms with van der Waals surface area (Å²) < 4.78 is 18.6. The molecule has 1 aromatic carbocycles. The Morgan fingerprint density at radius 3 is 2.74 bits per heavy atom. The maximum atomic E-state index is 13.2. The first kappa shape index (κ1) is 15.9. The summed E-state index contributed by atoms with van der Waals surface area (Å²) in [6, 6.07) is 8.11. The standard InChI is InChI=1S/C18H17ClFNO2/c1-11(22)23-16-5-3-2-4-14-15(10-17(19)21-18(14)16)12-6-8-13(20)9-7-12/h6-10,16H,2-5H2,1H3. The molecule has 5 heteroatoms. The Morgan fingerprint density at radius 2 is 2.04 bits per heavy atom. The van der Waals surface area contributed by atoms with E-state index in [9.17, 15) is 9.18 Å². The van der Waals surface area contributed by atoms with E-state index >= 15 is 0 Å². The number of hydrogen-bond donors (Lipinski definition) is 0. The minimum Gasteiger partial charge on any atom is -0.456 e. The molecule has 0 saturated carbocycles. The SMILES string of the molecule is CC(=O)OC1CCCCc2c(-c3ccc(F)cc3)cc(Cl)nc21. The molecular formula is C18H17ClFNO2. The number of rotatable bonds is 2. The van der Waals surface area contributed by atoms with E-state index in [2.05, 4.69) is 4.98 Å². The predicted octanol–water partition coefficient (Wildman–Crippen LogP) is 4.87. The molecule has 0 bridgehead atoms. The van der Waals surface area contributed by atoms with Crippen molar-refractivity contribution in [3.8, 4) is 11.1 Å². The van der Waals surface area contributed by atoms with Crippen molar-refractivity contribution in [2.24, 2.45) is 0 Å². The third kappa shape index (κ3) is 3.53. The molecule has 1 aliphatic carbocycles. The summed E-state index contributed by atoms with van der Waals surface area (Å²) in [5, 5.41) is 0.349. The molecule has 3 nitrogen and oxygen atoms in total. The van der Waals surface area contributed by atoms with Gasteiger partial charge in [-0.2, -0.15) is 0 Å². The number of carbonyl (C=O) groups excluding carboxylic acids is 1. The summed E-state index contributed by atoms with van der Waals surface area (Å²) in [6.07, 6.45) is 3.15. The molecule has 120 valence electrons. The fourth-order valence-corrected chi connectivity index (χ4v) is 3.26. The van der Waals surface area contributed by atoms with E-state index in [0.29, 0.717) is 5.15 Å². The minimum absolute atomic E-state index is 0.280. The zero-order valence-corrected chi connectivity index (χ0v) is 13.6. The van der Waals surface area contributed by atoms with Crippen LogP contribution in [-0.2, 0) is 16.0 Å². The fraction of sp³-hybridized carbons (Fsp3) is 0.333. The van der Waals surface area contributed by atoms with Gasteiger partial charge in [-0.25, -0.2) is 9.37 Å². The summed E-state index contributed by atoms with van der Waals surface area (Å²) in [7, 11) is 0. The normalized spacial score (nSPS) is 17.3. The van der Waals surface area contributed by atoms with Crippen LogP contribution in [0.3, 0.4) is 0 Å². The average Bonchev–Trinajstić information content (AvgIpc) is 2.70. The van der Waals surface area contributed by atoms with Crippen molar-refractivity contribution in [2.75, 3.05) is 0 Å². The maximum absolute atomic E-state index is 13.2.